The fraction of sp³-hybridized carbons (Fsp3) is 0.100. The molecule has 0 fully saturated rings. The second-order valence-corrected chi connectivity index (χ2v) is 3.50. The molecule has 1 heterocycles. The summed E-state index contributed by atoms with van der Waals surface area (Å²) in [5, 5.41) is 13.2. The fourth-order valence-corrected chi connectivity index (χ4v) is 1.51. The van der Waals surface area contributed by atoms with Crippen molar-refractivity contribution in [2.75, 3.05) is 0 Å². The third-order valence-electron chi connectivity index (χ3n) is 2.00. The van der Waals surface area contributed by atoms with Crippen LogP contribution in [0.3, 0.4) is 0 Å². The lowest BCUT2D eigenvalue weighted by Gasteiger charge is -2.05. The van der Waals surface area contributed by atoms with E-state index < -0.39 is 0 Å². The van der Waals surface area contributed by atoms with Crippen LogP contribution in [0.25, 0.3) is 0 Å². The lowest BCUT2D eigenvalue weighted by molar-refractivity contribution is 0.474. The van der Waals surface area contributed by atoms with Gasteiger partial charge in [-0.05, 0) is 12.1 Å². The summed E-state index contributed by atoms with van der Waals surface area (Å²) in [4.78, 5) is 0. The lowest BCUT2D eigenvalue weighted by Crippen LogP contribution is -2.02. The Bertz CT molecular complexity index is 464. The Balaban J connectivity index is 2.31. The maximum absolute atomic E-state index is 13.4. The molecule has 15 heavy (non-hydrogen) atoms. The highest BCUT2D eigenvalue weighted by Crippen LogP contribution is 2.20. The van der Waals surface area contributed by atoms with Crippen molar-refractivity contribution >= 4 is 11.6 Å². The fourth-order valence-electron chi connectivity index (χ4n) is 1.28. The van der Waals surface area contributed by atoms with Gasteiger partial charge in [-0.2, -0.15) is 5.10 Å². The average molecular weight is 227 g/mol. The molecule has 1 aromatic carbocycles. The molecule has 0 radical (unpaired) electrons. The van der Waals surface area contributed by atoms with Crippen LogP contribution in [0, 0.1) is 5.82 Å². The van der Waals surface area contributed by atoms with Crippen molar-refractivity contribution in [2.45, 2.75) is 6.54 Å². The molecular formula is C10H8ClFN2O. The highest BCUT2D eigenvalue weighted by Gasteiger charge is 2.08. The first kappa shape index (κ1) is 9.98. The predicted octanol–water partition coefficient (Wildman–Crippen LogP) is 2.43. The van der Waals surface area contributed by atoms with Gasteiger partial charge in [0.25, 0.3) is 0 Å². The topological polar surface area (TPSA) is 38.1 Å². The molecule has 5 heteroatoms. The SMILES string of the molecule is Oc1cnn(Cc2c(F)cccc2Cl)c1. The highest BCUT2D eigenvalue weighted by atomic mass is 35.5. The highest BCUT2D eigenvalue weighted by molar-refractivity contribution is 6.31. The zero-order chi connectivity index (χ0) is 10.8. The maximum Gasteiger partial charge on any atom is 0.153 e. The molecule has 0 amide bonds. The van der Waals surface area contributed by atoms with Crippen LogP contribution in [0.4, 0.5) is 4.39 Å². The van der Waals surface area contributed by atoms with E-state index in [-0.39, 0.29) is 18.1 Å². The van der Waals surface area contributed by atoms with Crippen molar-refractivity contribution in [2.24, 2.45) is 0 Å². The monoisotopic (exact) mass is 226 g/mol. The Labute approximate surface area is 90.7 Å². The van der Waals surface area contributed by atoms with Gasteiger partial charge in [0.2, 0.25) is 0 Å². The molecule has 0 saturated heterocycles. The van der Waals surface area contributed by atoms with Crippen LogP contribution in [-0.2, 0) is 6.54 Å². The number of aromatic nitrogens is 2. The summed E-state index contributed by atoms with van der Waals surface area (Å²) in [7, 11) is 0. The van der Waals surface area contributed by atoms with Crippen molar-refractivity contribution in [3.63, 3.8) is 0 Å². The van der Waals surface area contributed by atoms with Gasteiger partial charge in [0.1, 0.15) is 5.82 Å². The van der Waals surface area contributed by atoms with Gasteiger partial charge in [-0.3, -0.25) is 4.68 Å². The third kappa shape index (κ3) is 2.10. The number of aromatic hydroxyl groups is 1. The van der Waals surface area contributed by atoms with E-state index in [1.165, 1.54) is 23.1 Å². The van der Waals surface area contributed by atoms with Crippen molar-refractivity contribution in [3.8, 4) is 5.75 Å². The number of nitrogens with zero attached hydrogens (tertiary/aromatic N) is 2. The van der Waals surface area contributed by atoms with Gasteiger partial charge in [-0.15, -0.1) is 0 Å². The van der Waals surface area contributed by atoms with E-state index >= 15 is 0 Å². The van der Waals surface area contributed by atoms with Crippen LogP contribution in [0.5, 0.6) is 5.75 Å². The Morgan fingerprint density at radius 1 is 1.47 bits per heavy atom. The number of benzene rings is 1. The average Bonchev–Trinajstić information content (AvgIpc) is 2.58. The first-order valence-corrected chi connectivity index (χ1v) is 4.69. The molecule has 0 spiro atoms. The van der Waals surface area contributed by atoms with Gasteiger partial charge >= 0.3 is 0 Å². The van der Waals surface area contributed by atoms with Crippen LogP contribution in [-0.4, -0.2) is 14.9 Å². The lowest BCUT2D eigenvalue weighted by atomic mass is 10.2. The summed E-state index contributed by atoms with van der Waals surface area (Å²) in [6, 6.07) is 4.50. The van der Waals surface area contributed by atoms with E-state index in [1.807, 2.05) is 0 Å². The summed E-state index contributed by atoms with van der Waals surface area (Å²) in [5.74, 6) is -0.333. The first-order valence-electron chi connectivity index (χ1n) is 4.31. The van der Waals surface area contributed by atoms with Gasteiger partial charge in [0.15, 0.2) is 5.75 Å². The van der Waals surface area contributed by atoms with E-state index in [9.17, 15) is 4.39 Å². The smallest absolute Gasteiger partial charge is 0.153 e. The summed E-state index contributed by atoms with van der Waals surface area (Å²) < 4.78 is 14.8. The Kier molecular flexibility index (Phi) is 2.60. The number of hydrogen-bond acceptors (Lipinski definition) is 2. The zero-order valence-corrected chi connectivity index (χ0v) is 8.45. The zero-order valence-electron chi connectivity index (χ0n) is 7.69. The van der Waals surface area contributed by atoms with Crippen molar-refractivity contribution < 1.29 is 9.50 Å². The van der Waals surface area contributed by atoms with Crippen LogP contribution >= 0.6 is 11.6 Å². The minimum Gasteiger partial charge on any atom is -0.505 e. The van der Waals surface area contributed by atoms with Crippen molar-refractivity contribution in [1.82, 2.24) is 9.78 Å². The Hall–Kier alpha value is -1.55. The predicted molar refractivity (Wildman–Crippen MR) is 54.4 cm³/mol. The molecule has 78 valence electrons. The minimum absolute atomic E-state index is 0.0439. The molecular weight excluding hydrogens is 219 g/mol. The molecule has 0 aliphatic rings. The first-order chi connectivity index (χ1) is 7.16. The van der Waals surface area contributed by atoms with Crippen LogP contribution in [0.15, 0.2) is 30.6 Å². The largest absolute Gasteiger partial charge is 0.505 e. The Morgan fingerprint density at radius 2 is 2.27 bits per heavy atom. The molecule has 0 aliphatic heterocycles. The molecule has 0 atom stereocenters. The van der Waals surface area contributed by atoms with Gasteiger partial charge < -0.3 is 5.11 Å². The molecule has 3 nitrogen and oxygen atoms in total. The van der Waals surface area contributed by atoms with Gasteiger partial charge in [-0.25, -0.2) is 4.39 Å². The Morgan fingerprint density at radius 3 is 2.87 bits per heavy atom. The van der Waals surface area contributed by atoms with Gasteiger partial charge in [0, 0.05) is 10.6 Å². The molecule has 1 N–H and O–H groups in total. The summed E-state index contributed by atoms with van der Waals surface area (Å²) in [6.07, 6.45) is 2.69. The molecule has 0 aliphatic carbocycles. The van der Waals surface area contributed by atoms with E-state index in [4.69, 9.17) is 16.7 Å². The minimum atomic E-state index is -0.377. The number of rotatable bonds is 2. The van der Waals surface area contributed by atoms with E-state index in [0.717, 1.165) is 0 Å². The molecule has 0 bridgehead atoms. The van der Waals surface area contributed by atoms with Crippen LogP contribution in [0.2, 0.25) is 5.02 Å². The number of halogens is 2. The van der Waals surface area contributed by atoms with Crippen LogP contribution in [0.1, 0.15) is 5.56 Å². The van der Waals surface area contributed by atoms with Crippen LogP contribution < -0.4 is 0 Å². The number of hydrogen-bond donors (Lipinski definition) is 1. The second kappa shape index (κ2) is 3.90. The van der Waals surface area contributed by atoms with E-state index in [2.05, 4.69) is 5.10 Å². The molecule has 1 aromatic heterocycles. The quantitative estimate of drug-likeness (QED) is 0.854. The molecule has 2 rings (SSSR count). The van der Waals surface area contributed by atoms with E-state index in [1.54, 1.807) is 12.1 Å². The normalized spacial score (nSPS) is 10.5. The van der Waals surface area contributed by atoms with Crippen molar-refractivity contribution in [1.29, 1.82) is 0 Å². The molecule has 0 unspecified atom stereocenters. The van der Waals surface area contributed by atoms with Gasteiger partial charge in [-0.1, -0.05) is 17.7 Å². The third-order valence-corrected chi connectivity index (χ3v) is 2.36. The summed E-state index contributed by atoms with van der Waals surface area (Å²) in [6.45, 7) is 0.200. The molecule has 2 aromatic rings. The molecule has 0 saturated carbocycles. The standard InChI is InChI=1S/C10H8ClFN2O/c11-9-2-1-3-10(12)8(9)6-14-5-7(15)4-13-14/h1-5,15H,6H2. The summed E-state index contributed by atoms with van der Waals surface area (Å²) >= 11 is 5.84. The van der Waals surface area contributed by atoms with Crippen molar-refractivity contribution in [3.05, 3.63) is 47.0 Å². The second-order valence-electron chi connectivity index (χ2n) is 3.10. The summed E-state index contributed by atoms with van der Waals surface area (Å²) in [5.41, 5.74) is 0.363. The van der Waals surface area contributed by atoms with E-state index in [0.29, 0.717) is 10.6 Å². The maximum atomic E-state index is 13.4. The van der Waals surface area contributed by atoms with Gasteiger partial charge in [0.05, 0.1) is 18.9 Å².